The highest BCUT2D eigenvalue weighted by atomic mass is 35.5. The number of nitrogens with zero attached hydrogens (tertiary/aromatic N) is 4. The average Bonchev–Trinajstić information content (AvgIpc) is 3.18. The fraction of sp³-hybridized carbons (Fsp3) is 0.0833. The van der Waals surface area contributed by atoms with E-state index >= 15 is 0 Å². The minimum absolute atomic E-state index is 0.249. The van der Waals surface area contributed by atoms with E-state index in [-0.39, 0.29) is 5.91 Å². The molecule has 21 heavy (non-hydrogen) atoms. The molecule has 0 bridgehead atoms. The van der Waals surface area contributed by atoms with Crippen molar-refractivity contribution < 1.29 is 4.79 Å². The van der Waals surface area contributed by atoms with Gasteiger partial charge in [0, 0.05) is 28.0 Å². The second-order valence-electron chi connectivity index (χ2n) is 3.98. The summed E-state index contributed by atoms with van der Waals surface area (Å²) in [5, 5.41) is 12.9. The Bertz CT molecular complexity index is 741. The maximum atomic E-state index is 12.0. The fourth-order valence-electron chi connectivity index (χ4n) is 1.62. The molecule has 0 fully saturated rings. The van der Waals surface area contributed by atoms with Gasteiger partial charge in [-0.3, -0.25) is 10.1 Å². The molecule has 0 aliphatic rings. The van der Waals surface area contributed by atoms with Gasteiger partial charge in [-0.05, 0) is 17.3 Å². The van der Waals surface area contributed by atoms with Crippen LogP contribution in [0, 0.1) is 0 Å². The van der Waals surface area contributed by atoms with Crippen LogP contribution in [0.25, 0.3) is 10.6 Å². The molecule has 2 aromatic heterocycles. The molecule has 0 atom stereocenters. The van der Waals surface area contributed by atoms with Gasteiger partial charge >= 0.3 is 0 Å². The van der Waals surface area contributed by atoms with Crippen LogP contribution in [-0.4, -0.2) is 25.7 Å². The van der Waals surface area contributed by atoms with Crippen molar-refractivity contribution in [2.45, 2.75) is 5.88 Å². The van der Waals surface area contributed by atoms with E-state index in [0.29, 0.717) is 16.6 Å². The van der Waals surface area contributed by atoms with E-state index in [1.54, 1.807) is 12.1 Å². The summed E-state index contributed by atoms with van der Waals surface area (Å²) >= 11 is 8.29. The van der Waals surface area contributed by atoms with Gasteiger partial charge in [-0.15, -0.1) is 22.9 Å². The molecule has 0 radical (unpaired) electrons. The molecule has 106 valence electrons. The number of thiazole rings is 1. The summed E-state index contributed by atoms with van der Waals surface area (Å²) in [5.41, 5.74) is 2.33. The minimum Gasteiger partial charge on any atom is -0.295 e. The van der Waals surface area contributed by atoms with Crippen LogP contribution in [0.1, 0.15) is 16.1 Å². The summed E-state index contributed by atoms with van der Waals surface area (Å²) in [6.45, 7) is 0. The van der Waals surface area contributed by atoms with E-state index in [1.807, 2.05) is 17.5 Å². The van der Waals surface area contributed by atoms with Crippen LogP contribution in [0.5, 0.6) is 0 Å². The van der Waals surface area contributed by atoms with Crippen LogP contribution in [-0.2, 0) is 5.88 Å². The molecule has 1 N–H and O–H groups in total. The van der Waals surface area contributed by atoms with Gasteiger partial charge in [-0.25, -0.2) is 4.98 Å². The van der Waals surface area contributed by atoms with Crippen LogP contribution in [0.2, 0.25) is 0 Å². The minimum atomic E-state index is -0.249. The zero-order valence-corrected chi connectivity index (χ0v) is 12.9. The summed E-state index contributed by atoms with van der Waals surface area (Å²) in [6.07, 6.45) is 0. The lowest BCUT2D eigenvalue weighted by Gasteiger charge is -2.02. The molecule has 1 aromatic carbocycles. The van der Waals surface area contributed by atoms with Crippen molar-refractivity contribution >= 4 is 45.5 Å². The number of aromatic nitrogens is 4. The molecule has 3 rings (SSSR count). The molecule has 9 heteroatoms. The zero-order chi connectivity index (χ0) is 14.7. The van der Waals surface area contributed by atoms with E-state index in [0.717, 1.165) is 27.8 Å². The van der Waals surface area contributed by atoms with Crippen molar-refractivity contribution in [2.24, 2.45) is 0 Å². The molecule has 0 spiro atoms. The summed E-state index contributed by atoms with van der Waals surface area (Å²) in [7, 11) is 0. The van der Waals surface area contributed by atoms with Crippen LogP contribution >= 0.6 is 34.5 Å². The molecule has 0 unspecified atom stereocenters. The van der Waals surface area contributed by atoms with E-state index in [2.05, 4.69) is 25.1 Å². The van der Waals surface area contributed by atoms with Crippen molar-refractivity contribution in [1.82, 2.24) is 19.8 Å². The first-order valence-corrected chi connectivity index (χ1v) is 8.02. The maximum absolute atomic E-state index is 12.0. The number of benzene rings is 1. The Kier molecular flexibility index (Phi) is 4.18. The molecular formula is C12H8ClN5OS2. The van der Waals surface area contributed by atoms with E-state index in [1.165, 1.54) is 11.3 Å². The van der Waals surface area contributed by atoms with E-state index in [4.69, 9.17) is 11.6 Å². The van der Waals surface area contributed by atoms with Crippen LogP contribution in [0.3, 0.4) is 0 Å². The number of alkyl halides is 1. The number of amides is 1. The van der Waals surface area contributed by atoms with Crippen molar-refractivity contribution in [3.63, 3.8) is 0 Å². The lowest BCUT2D eigenvalue weighted by molar-refractivity contribution is 0.102. The second kappa shape index (κ2) is 6.25. The first-order chi connectivity index (χ1) is 10.3. The molecule has 0 saturated carbocycles. The standard InChI is InChI=1S/C12H8ClN5OS2/c13-5-9-6-20-11(14-9)8-3-1-7(2-4-8)10(19)15-12-16-17-18-21-12/h1-4,6H,5H2,(H,15,16,18,19). The topological polar surface area (TPSA) is 80.7 Å². The Morgan fingerprint density at radius 2 is 2.10 bits per heavy atom. The predicted octanol–water partition coefficient (Wildman–Crippen LogP) is 3.05. The first-order valence-electron chi connectivity index (χ1n) is 5.83. The number of anilines is 1. The molecule has 0 aliphatic carbocycles. The summed E-state index contributed by atoms with van der Waals surface area (Å²) < 4.78 is 3.58. The number of rotatable bonds is 4. The number of carbonyl (C=O) groups is 1. The Balaban J connectivity index is 1.75. The molecule has 0 aliphatic heterocycles. The van der Waals surface area contributed by atoms with Crippen molar-refractivity contribution in [3.05, 3.63) is 40.9 Å². The lowest BCUT2D eigenvalue weighted by atomic mass is 10.1. The molecule has 0 saturated heterocycles. The highest BCUT2D eigenvalue weighted by molar-refractivity contribution is 7.13. The Morgan fingerprint density at radius 3 is 2.71 bits per heavy atom. The SMILES string of the molecule is O=C(Nc1nnns1)c1ccc(-c2nc(CCl)cs2)cc1. The van der Waals surface area contributed by atoms with Crippen LogP contribution < -0.4 is 5.32 Å². The second-order valence-corrected chi connectivity index (χ2v) is 5.83. The zero-order valence-electron chi connectivity index (χ0n) is 10.5. The number of hydrogen-bond donors (Lipinski definition) is 1. The normalized spacial score (nSPS) is 10.5. The summed E-state index contributed by atoms with van der Waals surface area (Å²) in [4.78, 5) is 16.4. The number of hydrogen-bond acceptors (Lipinski definition) is 7. The predicted molar refractivity (Wildman–Crippen MR) is 82.8 cm³/mol. The van der Waals surface area contributed by atoms with Gasteiger partial charge in [0.1, 0.15) is 5.01 Å². The third-order valence-electron chi connectivity index (χ3n) is 2.60. The fourth-order valence-corrected chi connectivity index (χ4v) is 3.03. The number of nitrogens with one attached hydrogen (secondary N) is 1. The maximum Gasteiger partial charge on any atom is 0.257 e. The smallest absolute Gasteiger partial charge is 0.257 e. The van der Waals surface area contributed by atoms with Crippen molar-refractivity contribution in [2.75, 3.05) is 5.32 Å². The van der Waals surface area contributed by atoms with Gasteiger partial charge in [0.25, 0.3) is 5.91 Å². The largest absolute Gasteiger partial charge is 0.295 e. The van der Waals surface area contributed by atoms with Crippen molar-refractivity contribution in [1.29, 1.82) is 0 Å². The van der Waals surface area contributed by atoms with Gasteiger partial charge in [-0.1, -0.05) is 21.7 Å². The Labute approximate surface area is 133 Å². The van der Waals surface area contributed by atoms with Crippen molar-refractivity contribution in [3.8, 4) is 10.6 Å². The highest BCUT2D eigenvalue weighted by Crippen LogP contribution is 2.24. The first kappa shape index (κ1) is 14.1. The third kappa shape index (κ3) is 3.23. The highest BCUT2D eigenvalue weighted by Gasteiger charge is 2.10. The average molecular weight is 338 g/mol. The summed E-state index contributed by atoms with van der Waals surface area (Å²) in [6, 6.07) is 7.18. The quantitative estimate of drug-likeness (QED) is 0.740. The van der Waals surface area contributed by atoms with Gasteiger partial charge in [-0.2, -0.15) is 0 Å². The molecule has 6 nitrogen and oxygen atoms in total. The van der Waals surface area contributed by atoms with E-state index < -0.39 is 0 Å². The van der Waals surface area contributed by atoms with Gasteiger partial charge in [0.2, 0.25) is 5.13 Å². The molecule has 1 amide bonds. The Morgan fingerprint density at radius 1 is 1.29 bits per heavy atom. The number of halogens is 1. The van der Waals surface area contributed by atoms with Gasteiger partial charge < -0.3 is 0 Å². The van der Waals surface area contributed by atoms with Gasteiger partial charge in [0.15, 0.2) is 0 Å². The number of carbonyl (C=O) groups excluding carboxylic acids is 1. The molecule has 3 aromatic rings. The molecule has 2 heterocycles. The monoisotopic (exact) mass is 337 g/mol. The van der Waals surface area contributed by atoms with Crippen LogP contribution in [0.4, 0.5) is 5.13 Å². The molecular weight excluding hydrogens is 330 g/mol. The lowest BCUT2D eigenvalue weighted by Crippen LogP contribution is -2.11. The summed E-state index contributed by atoms with van der Waals surface area (Å²) in [5.74, 6) is 0.146. The Hall–Kier alpha value is -1.90. The van der Waals surface area contributed by atoms with Crippen LogP contribution in [0.15, 0.2) is 29.6 Å². The third-order valence-corrected chi connectivity index (χ3v) is 4.33. The van der Waals surface area contributed by atoms with E-state index in [9.17, 15) is 4.79 Å². The van der Waals surface area contributed by atoms with Gasteiger partial charge in [0.05, 0.1) is 11.6 Å².